The van der Waals surface area contributed by atoms with E-state index in [9.17, 15) is 14.7 Å². The first-order valence-electron chi connectivity index (χ1n) is 11.1. The summed E-state index contributed by atoms with van der Waals surface area (Å²) in [4.78, 5) is 23.0. The molecule has 0 spiro atoms. The van der Waals surface area contributed by atoms with Gasteiger partial charge in [-0.1, -0.05) is 38.3 Å². The lowest BCUT2D eigenvalue weighted by Crippen LogP contribution is -2.36. The minimum atomic E-state index is -1.22. The number of aliphatic hydroxyl groups excluding tert-OH is 1. The zero-order valence-corrected chi connectivity index (χ0v) is 17.6. The van der Waals surface area contributed by atoms with Crippen molar-refractivity contribution in [3.05, 3.63) is 12.2 Å². The van der Waals surface area contributed by atoms with Gasteiger partial charge in [-0.05, 0) is 57.3 Å². The van der Waals surface area contributed by atoms with Crippen LogP contribution in [-0.2, 0) is 14.3 Å². The fourth-order valence-electron chi connectivity index (χ4n) is 4.69. The summed E-state index contributed by atoms with van der Waals surface area (Å²) < 4.78 is 6.22. The number of hydrogen-bond acceptors (Lipinski definition) is 5. The third kappa shape index (κ3) is 6.50. The van der Waals surface area contributed by atoms with Gasteiger partial charge in [0.25, 0.3) is 0 Å². The van der Waals surface area contributed by atoms with E-state index in [1.165, 1.54) is 6.92 Å². The Balaban J connectivity index is 1.78. The van der Waals surface area contributed by atoms with E-state index in [-0.39, 0.29) is 24.3 Å². The Morgan fingerprint density at radius 1 is 1.21 bits per heavy atom. The predicted octanol–water partition coefficient (Wildman–Crippen LogP) is 3.75. The minimum absolute atomic E-state index is 0.0844. The first-order valence-corrected chi connectivity index (χ1v) is 11.1. The van der Waals surface area contributed by atoms with E-state index >= 15 is 0 Å². The third-order valence-electron chi connectivity index (χ3n) is 6.56. The van der Waals surface area contributed by atoms with E-state index < -0.39 is 5.60 Å². The Hall–Kier alpha value is -1.04. The highest BCUT2D eigenvalue weighted by Crippen LogP contribution is 2.45. The van der Waals surface area contributed by atoms with Gasteiger partial charge in [0.2, 0.25) is 0 Å². The van der Waals surface area contributed by atoms with E-state index in [0.717, 1.165) is 51.4 Å². The second-order valence-corrected chi connectivity index (χ2v) is 8.70. The van der Waals surface area contributed by atoms with Gasteiger partial charge in [0.15, 0.2) is 11.6 Å². The monoisotopic (exact) mass is 394 g/mol. The van der Waals surface area contributed by atoms with Gasteiger partial charge in [0, 0.05) is 12.8 Å². The molecule has 1 aliphatic heterocycles. The summed E-state index contributed by atoms with van der Waals surface area (Å²) >= 11 is 0. The van der Waals surface area contributed by atoms with Crippen LogP contribution in [0.1, 0.15) is 84.5 Å². The van der Waals surface area contributed by atoms with Gasteiger partial charge in [-0.15, -0.1) is 0 Å². The summed E-state index contributed by atoms with van der Waals surface area (Å²) in [5.41, 5.74) is -1.22. The Labute approximate surface area is 169 Å². The summed E-state index contributed by atoms with van der Waals surface area (Å²) in [6.07, 6.45) is 14.0. The fraction of sp³-hybridized carbons (Fsp3) is 0.826. The number of rotatable bonds is 13. The maximum atomic E-state index is 11.9. The van der Waals surface area contributed by atoms with Crippen LogP contribution in [0.15, 0.2) is 12.2 Å². The quantitative estimate of drug-likeness (QED) is 0.367. The van der Waals surface area contributed by atoms with Crippen molar-refractivity contribution in [3.8, 4) is 0 Å². The third-order valence-corrected chi connectivity index (χ3v) is 6.56. The molecule has 0 aromatic carbocycles. The summed E-state index contributed by atoms with van der Waals surface area (Å²) in [6, 6.07) is 0. The van der Waals surface area contributed by atoms with Gasteiger partial charge in [-0.3, -0.25) is 9.59 Å². The number of unbranched alkanes of at least 4 members (excludes halogenated alkanes) is 2. The lowest BCUT2D eigenvalue weighted by molar-refractivity contribution is -0.135. The molecule has 28 heavy (non-hydrogen) atoms. The van der Waals surface area contributed by atoms with Gasteiger partial charge in [-0.2, -0.15) is 0 Å². The Kier molecular flexibility index (Phi) is 9.32. The molecule has 160 valence electrons. The van der Waals surface area contributed by atoms with Crippen LogP contribution in [0.4, 0.5) is 0 Å². The Bertz CT molecular complexity index is 543. The van der Waals surface area contributed by atoms with Crippen LogP contribution < -0.4 is 0 Å². The highest BCUT2D eigenvalue weighted by atomic mass is 16.5. The number of allylic oxidation sites excluding steroid dienone is 1. The van der Waals surface area contributed by atoms with Crippen LogP contribution in [0.3, 0.4) is 0 Å². The van der Waals surface area contributed by atoms with Gasteiger partial charge in [0.1, 0.15) is 12.2 Å². The molecular formula is C23H38O5. The van der Waals surface area contributed by atoms with Crippen molar-refractivity contribution in [2.45, 2.75) is 102 Å². The molecule has 2 fully saturated rings. The van der Waals surface area contributed by atoms with Crippen molar-refractivity contribution in [3.63, 3.8) is 0 Å². The summed E-state index contributed by atoms with van der Waals surface area (Å²) in [6.45, 7) is 3.20. The standard InChI is InChI=1S/C23H38O5/c1-3-4-13-23(27,17(2)25)14-7-8-18-11-12-22-21(18)15-20(28-22)10-6-5-9-19(26)16-24/h7-8,18,20-22,24,27H,3-6,9-16H2,1-2H3/t18-,20-,21+,22+,23?/m0/s1. The molecule has 5 nitrogen and oxygen atoms in total. The second-order valence-electron chi connectivity index (χ2n) is 8.70. The Morgan fingerprint density at radius 2 is 2.00 bits per heavy atom. The number of hydrogen-bond donors (Lipinski definition) is 2. The SMILES string of the molecule is CCCCC(O)(CC=C[C@H]1CC[C@H]2O[C@@H](CCCCC(=O)CO)C[C@H]12)C(C)=O. The minimum Gasteiger partial charge on any atom is -0.389 e. The maximum Gasteiger partial charge on any atom is 0.161 e. The van der Waals surface area contributed by atoms with Crippen molar-refractivity contribution < 1.29 is 24.5 Å². The zero-order chi connectivity index (χ0) is 20.6. The van der Waals surface area contributed by atoms with Crippen molar-refractivity contribution >= 4 is 11.6 Å². The van der Waals surface area contributed by atoms with Gasteiger partial charge in [-0.25, -0.2) is 0 Å². The number of ketones is 2. The van der Waals surface area contributed by atoms with Crippen LogP contribution >= 0.6 is 0 Å². The molecule has 5 heteroatoms. The number of fused-ring (bicyclic) bond motifs is 1. The van der Waals surface area contributed by atoms with Crippen molar-refractivity contribution in [2.24, 2.45) is 11.8 Å². The Morgan fingerprint density at radius 3 is 2.68 bits per heavy atom. The zero-order valence-electron chi connectivity index (χ0n) is 17.6. The molecule has 0 amide bonds. The molecule has 1 saturated carbocycles. The van der Waals surface area contributed by atoms with E-state index in [4.69, 9.17) is 9.84 Å². The lowest BCUT2D eigenvalue weighted by Gasteiger charge is -2.24. The molecule has 0 radical (unpaired) electrons. The number of aliphatic hydroxyl groups is 2. The van der Waals surface area contributed by atoms with Crippen LogP contribution in [0.25, 0.3) is 0 Å². The van der Waals surface area contributed by atoms with E-state index in [1.807, 2.05) is 6.08 Å². The smallest absolute Gasteiger partial charge is 0.161 e. The van der Waals surface area contributed by atoms with Crippen LogP contribution in [0, 0.1) is 11.8 Å². The molecule has 0 bridgehead atoms. The number of carbonyl (C=O) groups is 2. The average molecular weight is 395 g/mol. The van der Waals surface area contributed by atoms with E-state index in [2.05, 4.69) is 13.0 Å². The van der Waals surface area contributed by atoms with Crippen molar-refractivity contribution in [1.29, 1.82) is 0 Å². The molecular weight excluding hydrogens is 356 g/mol. The molecule has 1 aliphatic carbocycles. The van der Waals surface area contributed by atoms with Gasteiger partial charge < -0.3 is 14.9 Å². The molecule has 2 rings (SSSR count). The number of ether oxygens (including phenoxy) is 1. The highest BCUT2D eigenvalue weighted by Gasteiger charge is 2.43. The van der Waals surface area contributed by atoms with Crippen LogP contribution in [0.2, 0.25) is 0 Å². The molecule has 2 aliphatic rings. The fourth-order valence-corrected chi connectivity index (χ4v) is 4.69. The molecule has 1 saturated heterocycles. The molecule has 2 N–H and O–H groups in total. The molecule has 5 atom stereocenters. The normalized spacial score (nSPS) is 29.1. The van der Waals surface area contributed by atoms with E-state index in [0.29, 0.717) is 37.2 Å². The first-order chi connectivity index (χ1) is 13.4. The molecule has 0 aromatic rings. The average Bonchev–Trinajstić information content (AvgIpc) is 3.24. The van der Waals surface area contributed by atoms with E-state index in [1.54, 1.807) is 0 Å². The lowest BCUT2D eigenvalue weighted by atomic mass is 9.86. The first kappa shape index (κ1) is 23.2. The number of carbonyl (C=O) groups excluding carboxylic acids is 2. The molecule has 1 unspecified atom stereocenters. The molecule has 1 heterocycles. The number of Topliss-reactive ketones (excluding diaryl/α,β-unsaturated/α-hetero) is 2. The van der Waals surface area contributed by atoms with Crippen LogP contribution in [-0.4, -0.2) is 46.2 Å². The van der Waals surface area contributed by atoms with Gasteiger partial charge in [0.05, 0.1) is 12.2 Å². The van der Waals surface area contributed by atoms with Gasteiger partial charge >= 0.3 is 0 Å². The highest BCUT2D eigenvalue weighted by molar-refractivity contribution is 5.84. The van der Waals surface area contributed by atoms with Crippen LogP contribution in [0.5, 0.6) is 0 Å². The van der Waals surface area contributed by atoms with Crippen molar-refractivity contribution in [2.75, 3.05) is 6.61 Å². The summed E-state index contributed by atoms with van der Waals surface area (Å²) in [5.74, 6) is 0.771. The van der Waals surface area contributed by atoms with Crippen molar-refractivity contribution in [1.82, 2.24) is 0 Å². The second kappa shape index (κ2) is 11.2. The summed E-state index contributed by atoms with van der Waals surface area (Å²) in [5, 5.41) is 19.4. The topological polar surface area (TPSA) is 83.8 Å². The maximum absolute atomic E-state index is 11.9. The largest absolute Gasteiger partial charge is 0.389 e. The summed E-state index contributed by atoms with van der Waals surface area (Å²) in [7, 11) is 0. The predicted molar refractivity (Wildman–Crippen MR) is 109 cm³/mol. The molecule has 0 aromatic heterocycles.